The number of carbonyl (C=O) groups excluding carboxylic acids is 1. The summed E-state index contributed by atoms with van der Waals surface area (Å²) in [5, 5.41) is 15.0. The van der Waals surface area contributed by atoms with E-state index in [1.54, 1.807) is 20.3 Å². The van der Waals surface area contributed by atoms with Crippen molar-refractivity contribution in [3.8, 4) is 28.3 Å². The number of methoxy groups -OCH3 is 2. The van der Waals surface area contributed by atoms with Crippen molar-refractivity contribution in [3.63, 3.8) is 0 Å². The molecule has 0 radical (unpaired) electrons. The zero-order valence-corrected chi connectivity index (χ0v) is 18.9. The maximum Gasteiger partial charge on any atom is 0.251 e. The molecule has 4 aromatic rings. The third-order valence-corrected chi connectivity index (χ3v) is 5.37. The molecule has 0 saturated carbocycles. The average molecular weight is 464 g/mol. The van der Waals surface area contributed by atoms with Gasteiger partial charge in [0, 0.05) is 17.1 Å². The van der Waals surface area contributed by atoms with Crippen LogP contribution in [0.5, 0.6) is 11.5 Å². The van der Waals surface area contributed by atoms with E-state index in [0.717, 1.165) is 16.7 Å². The number of hydrogen-bond donors (Lipinski definition) is 1. The first-order valence-electron chi connectivity index (χ1n) is 10.2. The Bertz CT molecular complexity index is 1240. The first-order valence-corrected chi connectivity index (χ1v) is 10.6. The molecule has 0 atom stereocenters. The zero-order valence-electron chi connectivity index (χ0n) is 18.2. The molecule has 1 amide bonds. The molecule has 168 valence electrons. The van der Waals surface area contributed by atoms with Crippen molar-refractivity contribution in [2.75, 3.05) is 20.8 Å². The number of benzene rings is 3. The van der Waals surface area contributed by atoms with Crippen LogP contribution in [0.25, 0.3) is 16.8 Å². The Morgan fingerprint density at radius 1 is 0.970 bits per heavy atom. The quantitative estimate of drug-likeness (QED) is 0.425. The molecule has 0 unspecified atom stereocenters. The molecule has 0 fully saturated rings. The van der Waals surface area contributed by atoms with Gasteiger partial charge in [-0.25, -0.2) is 4.68 Å². The minimum absolute atomic E-state index is 0.194. The summed E-state index contributed by atoms with van der Waals surface area (Å²) in [6.45, 7) is 0.458. The molecule has 0 aliphatic rings. The van der Waals surface area contributed by atoms with Gasteiger partial charge >= 0.3 is 0 Å². The number of nitrogens with one attached hydrogen (secondary N) is 1. The third kappa shape index (κ3) is 5.30. The van der Waals surface area contributed by atoms with Crippen LogP contribution >= 0.6 is 11.6 Å². The van der Waals surface area contributed by atoms with Gasteiger partial charge in [0.25, 0.3) is 5.91 Å². The van der Waals surface area contributed by atoms with Gasteiger partial charge in [0.15, 0.2) is 11.5 Å². The second-order valence-corrected chi connectivity index (χ2v) is 7.66. The molecule has 0 spiro atoms. The maximum absolute atomic E-state index is 13.0. The Labute approximate surface area is 196 Å². The fraction of sp³-hybridized carbons (Fsp3) is 0.167. The lowest BCUT2D eigenvalue weighted by Crippen LogP contribution is -2.26. The van der Waals surface area contributed by atoms with E-state index < -0.39 is 0 Å². The molecule has 1 aromatic heterocycles. The van der Waals surface area contributed by atoms with Crippen molar-refractivity contribution in [3.05, 3.63) is 83.1 Å². The van der Waals surface area contributed by atoms with E-state index in [-0.39, 0.29) is 5.91 Å². The van der Waals surface area contributed by atoms with E-state index in [9.17, 15) is 4.79 Å². The van der Waals surface area contributed by atoms with Crippen LogP contribution in [0.2, 0.25) is 5.02 Å². The van der Waals surface area contributed by atoms with Gasteiger partial charge in [-0.2, -0.15) is 0 Å². The highest BCUT2D eigenvalue weighted by molar-refractivity contribution is 6.30. The van der Waals surface area contributed by atoms with Gasteiger partial charge in [0.05, 0.1) is 19.9 Å². The van der Waals surface area contributed by atoms with Crippen LogP contribution in [0, 0.1) is 0 Å². The second kappa shape index (κ2) is 10.1. The van der Waals surface area contributed by atoms with Crippen LogP contribution in [0.15, 0.2) is 67.0 Å². The molecule has 9 heteroatoms. The summed E-state index contributed by atoms with van der Waals surface area (Å²) in [7, 11) is 3.19. The van der Waals surface area contributed by atoms with Gasteiger partial charge < -0.3 is 14.8 Å². The van der Waals surface area contributed by atoms with Crippen LogP contribution in [-0.4, -0.2) is 46.9 Å². The second-order valence-electron chi connectivity index (χ2n) is 7.23. The number of hydrogen-bond acceptors (Lipinski definition) is 6. The number of aromatic nitrogens is 4. The zero-order chi connectivity index (χ0) is 23.2. The van der Waals surface area contributed by atoms with Gasteiger partial charge in [-0.1, -0.05) is 29.8 Å². The van der Waals surface area contributed by atoms with Crippen LogP contribution in [0.3, 0.4) is 0 Å². The molecule has 4 rings (SSSR count). The largest absolute Gasteiger partial charge is 0.493 e. The molecule has 33 heavy (non-hydrogen) atoms. The predicted molar refractivity (Wildman–Crippen MR) is 125 cm³/mol. The van der Waals surface area contributed by atoms with Gasteiger partial charge in [0.2, 0.25) is 0 Å². The normalized spacial score (nSPS) is 10.6. The van der Waals surface area contributed by atoms with E-state index >= 15 is 0 Å². The lowest BCUT2D eigenvalue weighted by atomic mass is 10.0. The summed E-state index contributed by atoms with van der Waals surface area (Å²) in [6.07, 6.45) is 2.13. The van der Waals surface area contributed by atoms with Gasteiger partial charge in [-0.15, -0.1) is 5.10 Å². The third-order valence-electron chi connectivity index (χ3n) is 5.12. The molecule has 3 aromatic carbocycles. The fourth-order valence-electron chi connectivity index (χ4n) is 3.42. The Morgan fingerprint density at radius 2 is 1.76 bits per heavy atom. The summed E-state index contributed by atoms with van der Waals surface area (Å²) >= 11 is 6.03. The highest BCUT2D eigenvalue weighted by Gasteiger charge is 2.12. The Balaban J connectivity index is 1.53. The van der Waals surface area contributed by atoms with Crippen molar-refractivity contribution in [2.45, 2.75) is 6.42 Å². The number of halogens is 1. The van der Waals surface area contributed by atoms with Crippen molar-refractivity contribution in [1.82, 2.24) is 25.5 Å². The van der Waals surface area contributed by atoms with Crippen molar-refractivity contribution in [1.29, 1.82) is 0 Å². The lowest BCUT2D eigenvalue weighted by Gasteiger charge is -2.12. The minimum atomic E-state index is -0.194. The lowest BCUT2D eigenvalue weighted by molar-refractivity contribution is 0.0954. The van der Waals surface area contributed by atoms with Crippen molar-refractivity contribution in [2.24, 2.45) is 0 Å². The molecule has 1 N–H and O–H groups in total. The average Bonchev–Trinajstić information content (AvgIpc) is 3.39. The van der Waals surface area contributed by atoms with Gasteiger partial charge in [-0.05, 0) is 76.0 Å². The Morgan fingerprint density at radius 3 is 2.45 bits per heavy atom. The Hall–Kier alpha value is -3.91. The highest BCUT2D eigenvalue weighted by Crippen LogP contribution is 2.28. The SMILES string of the molecule is COc1ccc(CCNC(=O)c2cc(-c3ccc(Cl)cc3)cc(-n3cnnn3)c2)cc1OC. The standard InChI is InChI=1S/C24H22ClN5O3/c1-32-22-8-3-16(11-23(22)33-2)9-10-26-24(31)19-12-18(17-4-6-20(25)7-5-17)13-21(14-19)30-15-27-28-29-30/h3-8,11-15H,9-10H2,1-2H3,(H,26,31). The van der Waals surface area contributed by atoms with E-state index in [1.165, 1.54) is 11.0 Å². The molecule has 0 aliphatic heterocycles. The van der Waals surface area contributed by atoms with Gasteiger partial charge in [0.1, 0.15) is 6.33 Å². The molecular formula is C24H22ClN5O3. The first-order chi connectivity index (χ1) is 16.1. The monoisotopic (exact) mass is 463 g/mol. The molecule has 0 aliphatic carbocycles. The number of ether oxygens (including phenoxy) is 2. The summed E-state index contributed by atoms with van der Waals surface area (Å²) < 4.78 is 12.1. The van der Waals surface area contributed by atoms with Gasteiger partial charge in [-0.3, -0.25) is 4.79 Å². The maximum atomic E-state index is 13.0. The van der Waals surface area contributed by atoms with E-state index in [4.69, 9.17) is 21.1 Å². The van der Waals surface area contributed by atoms with E-state index in [2.05, 4.69) is 20.8 Å². The van der Waals surface area contributed by atoms with Crippen LogP contribution in [-0.2, 0) is 6.42 Å². The van der Waals surface area contributed by atoms with Crippen LogP contribution < -0.4 is 14.8 Å². The summed E-state index contributed by atoms with van der Waals surface area (Å²) in [5.74, 6) is 1.13. The summed E-state index contributed by atoms with van der Waals surface area (Å²) in [4.78, 5) is 13.0. The topological polar surface area (TPSA) is 91.2 Å². The number of amides is 1. The summed E-state index contributed by atoms with van der Waals surface area (Å²) in [5.41, 5.74) is 3.98. The van der Waals surface area contributed by atoms with Crippen LogP contribution in [0.4, 0.5) is 0 Å². The highest BCUT2D eigenvalue weighted by atomic mass is 35.5. The minimum Gasteiger partial charge on any atom is -0.493 e. The number of rotatable bonds is 8. The molecule has 0 saturated heterocycles. The molecule has 8 nitrogen and oxygen atoms in total. The number of carbonyl (C=O) groups is 1. The molecule has 0 bridgehead atoms. The van der Waals surface area contributed by atoms with Crippen LogP contribution in [0.1, 0.15) is 15.9 Å². The first kappa shape index (κ1) is 22.3. The van der Waals surface area contributed by atoms with E-state index in [1.807, 2.05) is 54.6 Å². The fourth-order valence-corrected chi connectivity index (χ4v) is 3.55. The molecule has 1 heterocycles. The predicted octanol–water partition coefficient (Wildman–Crippen LogP) is 3.97. The smallest absolute Gasteiger partial charge is 0.251 e. The summed E-state index contributed by atoms with van der Waals surface area (Å²) in [6, 6.07) is 18.6. The van der Waals surface area contributed by atoms with Crippen molar-refractivity contribution < 1.29 is 14.3 Å². The Kier molecular flexibility index (Phi) is 6.85. The number of nitrogens with zero attached hydrogens (tertiary/aromatic N) is 4. The number of tetrazole rings is 1. The molecular weight excluding hydrogens is 442 g/mol. The van der Waals surface area contributed by atoms with E-state index in [0.29, 0.717) is 40.7 Å². The van der Waals surface area contributed by atoms with Crippen molar-refractivity contribution >= 4 is 17.5 Å².